The normalized spacial score (nSPS) is 12.7. The lowest BCUT2D eigenvalue weighted by atomic mass is 10.1. The second kappa shape index (κ2) is 6.75. The number of benzene rings is 1. The van der Waals surface area contributed by atoms with Crippen LogP contribution in [0.4, 0.5) is 0 Å². The number of phenols is 1. The lowest BCUT2D eigenvalue weighted by Crippen LogP contribution is -2.25. The largest absolute Gasteiger partial charge is 0.508 e. The second-order valence-corrected chi connectivity index (χ2v) is 4.86. The number of thioether (sulfide) groups is 1. The van der Waals surface area contributed by atoms with Gasteiger partial charge in [-0.2, -0.15) is 11.8 Å². The van der Waals surface area contributed by atoms with Gasteiger partial charge < -0.3 is 10.8 Å². The summed E-state index contributed by atoms with van der Waals surface area (Å²) in [5.41, 5.74) is 7.19. The van der Waals surface area contributed by atoms with Crippen molar-refractivity contribution in [1.29, 1.82) is 0 Å². The minimum Gasteiger partial charge on any atom is -0.508 e. The summed E-state index contributed by atoms with van der Waals surface area (Å²) in [7, 11) is 0. The molecule has 1 aromatic carbocycles. The van der Waals surface area contributed by atoms with Gasteiger partial charge in [0.2, 0.25) is 0 Å². The Bertz CT molecular complexity index is 273. The zero-order chi connectivity index (χ0) is 11.1. The van der Waals surface area contributed by atoms with E-state index in [1.54, 1.807) is 12.1 Å². The van der Waals surface area contributed by atoms with Gasteiger partial charge in [0.25, 0.3) is 0 Å². The highest BCUT2D eigenvalue weighted by Crippen LogP contribution is 2.12. The Kier molecular flexibility index (Phi) is 5.58. The summed E-state index contributed by atoms with van der Waals surface area (Å²) in [5, 5.41) is 9.13. The van der Waals surface area contributed by atoms with E-state index < -0.39 is 0 Å². The molecule has 1 aromatic rings. The van der Waals surface area contributed by atoms with E-state index in [1.807, 2.05) is 23.9 Å². The van der Waals surface area contributed by atoms with Crippen LogP contribution in [0.5, 0.6) is 5.75 Å². The third kappa shape index (κ3) is 5.09. The van der Waals surface area contributed by atoms with Crippen LogP contribution in [-0.4, -0.2) is 22.7 Å². The highest BCUT2D eigenvalue weighted by Gasteiger charge is 2.03. The summed E-state index contributed by atoms with van der Waals surface area (Å²) in [6, 6.07) is 7.49. The zero-order valence-electron chi connectivity index (χ0n) is 9.15. The molecule has 15 heavy (non-hydrogen) atoms. The fourth-order valence-electron chi connectivity index (χ4n) is 1.37. The first kappa shape index (κ1) is 12.4. The van der Waals surface area contributed by atoms with Crippen LogP contribution in [0.2, 0.25) is 0 Å². The van der Waals surface area contributed by atoms with Gasteiger partial charge in [0.05, 0.1) is 0 Å². The van der Waals surface area contributed by atoms with Crippen molar-refractivity contribution in [1.82, 2.24) is 0 Å². The molecule has 1 unspecified atom stereocenters. The van der Waals surface area contributed by atoms with Crippen LogP contribution in [0.3, 0.4) is 0 Å². The SMILES string of the molecule is CCCSCC(N)Cc1ccc(O)cc1. The third-order valence-electron chi connectivity index (χ3n) is 2.11. The number of hydrogen-bond donors (Lipinski definition) is 2. The van der Waals surface area contributed by atoms with Crippen molar-refractivity contribution >= 4 is 11.8 Å². The summed E-state index contributed by atoms with van der Waals surface area (Å²) in [6.45, 7) is 2.18. The molecular weight excluding hydrogens is 206 g/mol. The molecule has 3 N–H and O–H groups in total. The topological polar surface area (TPSA) is 46.2 Å². The van der Waals surface area contributed by atoms with Gasteiger partial charge in [-0.25, -0.2) is 0 Å². The molecule has 0 aromatic heterocycles. The van der Waals surface area contributed by atoms with Crippen molar-refractivity contribution in [3.8, 4) is 5.75 Å². The van der Waals surface area contributed by atoms with E-state index in [-0.39, 0.29) is 6.04 Å². The smallest absolute Gasteiger partial charge is 0.115 e. The van der Waals surface area contributed by atoms with E-state index in [0.717, 1.165) is 12.2 Å². The molecule has 0 aliphatic heterocycles. The van der Waals surface area contributed by atoms with Crippen LogP contribution in [0.25, 0.3) is 0 Å². The average Bonchev–Trinajstić information content (AvgIpc) is 2.22. The van der Waals surface area contributed by atoms with Crippen molar-refractivity contribution in [3.63, 3.8) is 0 Å². The number of nitrogens with two attached hydrogens (primary N) is 1. The molecule has 0 saturated carbocycles. The molecule has 0 amide bonds. The Morgan fingerprint density at radius 1 is 1.33 bits per heavy atom. The molecule has 0 aliphatic rings. The van der Waals surface area contributed by atoms with E-state index in [1.165, 1.54) is 17.7 Å². The van der Waals surface area contributed by atoms with E-state index >= 15 is 0 Å². The summed E-state index contributed by atoms with van der Waals surface area (Å²) in [6.07, 6.45) is 2.09. The van der Waals surface area contributed by atoms with Gasteiger partial charge in [-0.05, 0) is 36.3 Å². The fourth-order valence-corrected chi connectivity index (χ4v) is 2.25. The number of hydrogen-bond acceptors (Lipinski definition) is 3. The summed E-state index contributed by atoms with van der Waals surface area (Å²) < 4.78 is 0. The minimum absolute atomic E-state index is 0.214. The molecule has 0 fully saturated rings. The Balaban J connectivity index is 2.31. The van der Waals surface area contributed by atoms with Crippen molar-refractivity contribution in [2.75, 3.05) is 11.5 Å². The van der Waals surface area contributed by atoms with E-state index in [4.69, 9.17) is 10.8 Å². The first-order valence-corrected chi connectivity index (χ1v) is 6.49. The number of phenolic OH excluding ortho intramolecular Hbond substituents is 1. The summed E-state index contributed by atoms with van der Waals surface area (Å²) >= 11 is 1.91. The van der Waals surface area contributed by atoms with Gasteiger partial charge in [-0.15, -0.1) is 0 Å². The van der Waals surface area contributed by atoms with Crippen molar-refractivity contribution in [2.24, 2.45) is 5.73 Å². The van der Waals surface area contributed by atoms with Crippen molar-refractivity contribution < 1.29 is 5.11 Å². The first-order valence-electron chi connectivity index (χ1n) is 5.33. The molecule has 2 nitrogen and oxygen atoms in total. The van der Waals surface area contributed by atoms with Gasteiger partial charge in [-0.1, -0.05) is 19.1 Å². The van der Waals surface area contributed by atoms with Crippen molar-refractivity contribution in [2.45, 2.75) is 25.8 Å². The molecule has 0 saturated heterocycles. The Morgan fingerprint density at radius 3 is 2.60 bits per heavy atom. The standard InChI is InChI=1S/C12H19NOS/c1-2-7-15-9-11(13)8-10-3-5-12(14)6-4-10/h3-6,11,14H,2,7-9,13H2,1H3. The highest BCUT2D eigenvalue weighted by molar-refractivity contribution is 7.99. The summed E-state index contributed by atoms with van der Waals surface area (Å²) in [5.74, 6) is 2.51. The number of aromatic hydroxyl groups is 1. The molecule has 0 radical (unpaired) electrons. The zero-order valence-corrected chi connectivity index (χ0v) is 9.96. The molecule has 0 aliphatic carbocycles. The van der Waals surface area contributed by atoms with E-state index in [9.17, 15) is 0 Å². The number of rotatable bonds is 6. The third-order valence-corrected chi connectivity index (χ3v) is 3.48. The maximum Gasteiger partial charge on any atom is 0.115 e. The Hall–Kier alpha value is -0.670. The van der Waals surface area contributed by atoms with Gasteiger partial charge in [0, 0.05) is 11.8 Å². The average molecular weight is 225 g/mol. The maximum atomic E-state index is 9.13. The molecule has 0 bridgehead atoms. The molecule has 84 valence electrons. The predicted octanol–water partition coefficient (Wildman–Crippen LogP) is 2.41. The predicted molar refractivity (Wildman–Crippen MR) is 67.4 cm³/mol. The van der Waals surface area contributed by atoms with Gasteiger partial charge >= 0.3 is 0 Å². The summed E-state index contributed by atoms with van der Waals surface area (Å²) in [4.78, 5) is 0. The van der Waals surface area contributed by atoms with Crippen LogP contribution in [0.1, 0.15) is 18.9 Å². The van der Waals surface area contributed by atoms with Crippen molar-refractivity contribution in [3.05, 3.63) is 29.8 Å². The van der Waals surface area contributed by atoms with Gasteiger partial charge in [0.1, 0.15) is 5.75 Å². The van der Waals surface area contributed by atoms with E-state index in [2.05, 4.69) is 6.92 Å². The highest BCUT2D eigenvalue weighted by atomic mass is 32.2. The van der Waals surface area contributed by atoms with Crippen LogP contribution in [0, 0.1) is 0 Å². The molecule has 3 heteroatoms. The molecule has 0 spiro atoms. The molecule has 1 rings (SSSR count). The van der Waals surface area contributed by atoms with Crippen LogP contribution >= 0.6 is 11.8 Å². The van der Waals surface area contributed by atoms with Gasteiger partial charge in [-0.3, -0.25) is 0 Å². The second-order valence-electron chi connectivity index (χ2n) is 3.71. The van der Waals surface area contributed by atoms with Crippen LogP contribution in [0.15, 0.2) is 24.3 Å². The first-order chi connectivity index (χ1) is 7.22. The lowest BCUT2D eigenvalue weighted by molar-refractivity contribution is 0.475. The van der Waals surface area contributed by atoms with Gasteiger partial charge in [0.15, 0.2) is 0 Å². The molecule has 1 atom stereocenters. The van der Waals surface area contributed by atoms with E-state index in [0.29, 0.717) is 5.75 Å². The maximum absolute atomic E-state index is 9.13. The lowest BCUT2D eigenvalue weighted by Gasteiger charge is -2.10. The van der Waals surface area contributed by atoms with Crippen LogP contribution < -0.4 is 5.73 Å². The minimum atomic E-state index is 0.214. The molecular formula is C12H19NOS. The van der Waals surface area contributed by atoms with Crippen LogP contribution in [-0.2, 0) is 6.42 Å². The fraction of sp³-hybridized carbons (Fsp3) is 0.500. The quantitative estimate of drug-likeness (QED) is 0.731. The Labute approximate surface area is 95.9 Å². The molecule has 0 heterocycles. The Morgan fingerprint density at radius 2 is 2.00 bits per heavy atom. The monoisotopic (exact) mass is 225 g/mol.